The molecule has 1 aliphatic rings. The van der Waals surface area contributed by atoms with Gasteiger partial charge in [0, 0.05) is 0 Å². The third-order valence-electron chi connectivity index (χ3n) is 3.21. The molecule has 0 saturated carbocycles. The maximum atomic E-state index is 2.34. The number of hydrogen-bond acceptors (Lipinski definition) is 0. The Bertz CT molecular complexity index is 447. The summed E-state index contributed by atoms with van der Waals surface area (Å²) in [6.45, 7) is 3.14. The van der Waals surface area contributed by atoms with E-state index in [-0.39, 0.29) is 0 Å². The summed E-state index contributed by atoms with van der Waals surface area (Å²) in [6, 6.07) is 13.4. The van der Waals surface area contributed by atoms with E-state index in [1.807, 2.05) is 0 Å². The highest BCUT2D eigenvalue weighted by Crippen LogP contribution is 2.28. The lowest BCUT2D eigenvalue weighted by Crippen LogP contribution is -2.20. The van der Waals surface area contributed by atoms with Gasteiger partial charge in [0.25, 0.3) is 0 Å². The molecule has 0 N–H and O–H groups in total. The molecule has 0 aromatic heterocycles. The van der Waals surface area contributed by atoms with Crippen LogP contribution in [0.15, 0.2) is 36.4 Å². The van der Waals surface area contributed by atoms with Crippen LogP contribution in [0.4, 0.5) is 0 Å². The molecule has 0 bridgehead atoms. The normalized spacial score (nSPS) is 14.8. The van der Waals surface area contributed by atoms with Crippen molar-refractivity contribution in [2.45, 2.75) is 19.5 Å². The molecular weight excluding hydrogens is 167 g/mol. The van der Waals surface area contributed by atoms with Gasteiger partial charge in [0.1, 0.15) is 6.71 Å². The van der Waals surface area contributed by atoms with Gasteiger partial charge in [0.2, 0.25) is 0 Å². The van der Waals surface area contributed by atoms with Crippen LogP contribution >= 0.6 is 0 Å². The summed E-state index contributed by atoms with van der Waals surface area (Å²) in [7, 11) is 0. The van der Waals surface area contributed by atoms with Crippen LogP contribution in [0.25, 0.3) is 10.8 Å². The molecule has 0 radical (unpaired) electrons. The van der Waals surface area contributed by atoms with Crippen molar-refractivity contribution in [1.82, 2.24) is 0 Å². The van der Waals surface area contributed by atoms with Gasteiger partial charge in [-0.15, -0.1) is 0 Å². The van der Waals surface area contributed by atoms with Gasteiger partial charge in [-0.2, -0.15) is 0 Å². The van der Waals surface area contributed by atoms with Crippen molar-refractivity contribution < 1.29 is 0 Å². The molecule has 0 saturated heterocycles. The number of benzene rings is 2. The SMILES string of the molecule is CB1Cc2cccc3cccc(c23)C1. The second kappa shape index (κ2) is 2.88. The van der Waals surface area contributed by atoms with Crippen LogP contribution < -0.4 is 0 Å². The van der Waals surface area contributed by atoms with Crippen molar-refractivity contribution in [2.75, 3.05) is 0 Å². The molecule has 0 aliphatic carbocycles. The molecule has 0 spiro atoms. The van der Waals surface area contributed by atoms with Crippen LogP contribution in [-0.4, -0.2) is 6.71 Å². The molecule has 14 heavy (non-hydrogen) atoms. The lowest BCUT2D eigenvalue weighted by Gasteiger charge is -2.20. The van der Waals surface area contributed by atoms with E-state index in [2.05, 4.69) is 43.2 Å². The Hall–Kier alpha value is -1.24. The van der Waals surface area contributed by atoms with Crippen molar-refractivity contribution >= 4 is 17.5 Å². The van der Waals surface area contributed by atoms with E-state index >= 15 is 0 Å². The smallest absolute Gasteiger partial charge is 0.0855 e. The van der Waals surface area contributed by atoms with E-state index in [9.17, 15) is 0 Å². The first-order valence-electron chi connectivity index (χ1n) is 5.34. The van der Waals surface area contributed by atoms with Crippen LogP contribution in [-0.2, 0) is 12.6 Å². The fraction of sp³-hybridized carbons (Fsp3) is 0.231. The number of hydrogen-bond donors (Lipinski definition) is 0. The molecule has 0 nitrogen and oxygen atoms in total. The summed E-state index contributed by atoms with van der Waals surface area (Å²) < 4.78 is 0. The largest absolute Gasteiger partial charge is 0.146 e. The molecule has 2 aromatic rings. The average Bonchev–Trinajstić information content (AvgIpc) is 2.18. The van der Waals surface area contributed by atoms with Gasteiger partial charge >= 0.3 is 0 Å². The summed E-state index contributed by atoms with van der Waals surface area (Å²) in [5.41, 5.74) is 3.08. The first kappa shape index (κ1) is 8.10. The summed E-state index contributed by atoms with van der Waals surface area (Å²) >= 11 is 0. The average molecular weight is 180 g/mol. The minimum Gasteiger partial charge on any atom is -0.0855 e. The van der Waals surface area contributed by atoms with Crippen LogP contribution in [0.1, 0.15) is 11.1 Å². The van der Waals surface area contributed by atoms with Gasteiger partial charge in [-0.25, -0.2) is 0 Å². The molecule has 1 heteroatoms. The Morgan fingerprint density at radius 2 is 1.50 bits per heavy atom. The van der Waals surface area contributed by atoms with E-state index in [1.54, 1.807) is 0 Å². The highest BCUT2D eigenvalue weighted by atomic mass is 14.1. The maximum absolute atomic E-state index is 2.34. The molecular formula is C13H13B. The zero-order valence-electron chi connectivity index (χ0n) is 8.46. The zero-order chi connectivity index (χ0) is 9.54. The van der Waals surface area contributed by atoms with Crippen LogP contribution in [0, 0.1) is 0 Å². The van der Waals surface area contributed by atoms with Crippen molar-refractivity contribution in [3.63, 3.8) is 0 Å². The highest BCUT2D eigenvalue weighted by Gasteiger charge is 2.18. The summed E-state index contributed by atoms with van der Waals surface area (Å²) in [4.78, 5) is 0. The van der Waals surface area contributed by atoms with Gasteiger partial charge in [-0.1, -0.05) is 43.2 Å². The fourth-order valence-corrected chi connectivity index (χ4v) is 2.66. The highest BCUT2D eigenvalue weighted by molar-refractivity contribution is 6.57. The van der Waals surface area contributed by atoms with Crippen LogP contribution in [0.2, 0.25) is 6.82 Å². The van der Waals surface area contributed by atoms with Crippen molar-refractivity contribution in [3.8, 4) is 0 Å². The van der Waals surface area contributed by atoms with E-state index in [0.717, 1.165) is 6.71 Å². The molecule has 1 heterocycles. The Morgan fingerprint density at radius 1 is 0.929 bits per heavy atom. The first-order chi connectivity index (χ1) is 6.84. The van der Waals surface area contributed by atoms with Gasteiger partial charge in [0.05, 0.1) is 0 Å². The third-order valence-corrected chi connectivity index (χ3v) is 3.21. The van der Waals surface area contributed by atoms with Gasteiger partial charge < -0.3 is 0 Å². The Labute approximate surface area is 85.0 Å². The fourth-order valence-electron chi connectivity index (χ4n) is 2.66. The topological polar surface area (TPSA) is 0 Å². The van der Waals surface area contributed by atoms with Gasteiger partial charge in [-0.3, -0.25) is 0 Å². The van der Waals surface area contributed by atoms with Crippen molar-refractivity contribution in [1.29, 1.82) is 0 Å². The molecule has 1 aliphatic heterocycles. The summed E-state index contributed by atoms with van der Waals surface area (Å²) in [5.74, 6) is 0. The van der Waals surface area contributed by atoms with E-state index in [1.165, 1.54) is 34.5 Å². The molecule has 0 fully saturated rings. The van der Waals surface area contributed by atoms with E-state index < -0.39 is 0 Å². The first-order valence-corrected chi connectivity index (χ1v) is 5.34. The Morgan fingerprint density at radius 3 is 2.07 bits per heavy atom. The quantitative estimate of drug-likeness (QED) is 0.546. The standard InChI is InChI=1S/C13H13B/c1-14-8-11-6-2-4-10-5-3-7-12(9-14)13(10)11/h2-7H,8-9H2,1H3. The monoisotopic (exact) mass is 180 g/mol. The molecule has 3 rings (SSSR count). The maximum Gasteiger partial charge on any atom is 0.146 e. The predicted molar refractivity (Wildman–Crippen MR) is 63.0 cm³/mol. The van der Waals surface area contributed by atoms with Crippen molar-refractivity contribution in [3.05, 3.63) is 47.5 Å². The van der Waals surface area contributed by atoms with Crippen molar-refractivity contribution in [2.24, 2.45) is 0 Å². The molecule has 68 valence electrons. The second-order valence-electron chi connectivity index (χ2n) is 4.45. The minimum atomic E-state index is 0.801. The van der Waals surface area contributed by atoms with Gasteiger partial charge in [-0.05, 0) is 34.5 Å². The Kier molecular flexibility index (Phi) is 1.67. The van der Waals surface area contributed by atoms with E-state index in [4.69, 9.17) is 0 Å². The summed E-state index contributed by atoms with van der Waals surface area (Å²) in [6.07, 6.45) is 2.49. The summed E-state index contributed by atoms with van der Waals surface area (Å²) in [5, 5.41) is 2.93. The lowest BCUT2D eigenvalue weighted by atomic mass is 9.42. The van der Waals surface area contributed by atoms with E-state index in [0.29, 0.717) is 0 Å². The second-order valence-corrected chi connectivity index (χ2v) is 4.45. The molecule has 0 unspecified atom stereocenters. The third kappa shape index (κ3) is 1.08. The van der Waals surface area contributed by atoms with Crippen LogP contribution in [0.5, 0.6) is 0 Å². The minimum absolute atomic E-state index is 0.801. The van der Waals surface area contributed by atoms with Gasteiger partial charge in [0.15, 0.2) is 0 Å². The lowest BCUT2D eigenvalue weighted by molar-refractivity contribution is 1.24. The number of rotatable bonds is 0. The molecule has 2 aromatic carbocycles. The molecule has 0 amide bonds. The Balaban J connectivity index is 2.40. The molecule has 0 atom stereocenters. The zero-order valence-corrected chi connectivity index (χ0v) is 8.46. The van der Waals surface area contributed by atoms with Crippen LogP contribution in [0.3, 0.4) is 0 Å². The predicted octanol–water partition coefficient (Wildman–Crippen LogP) is 3.14.